The molecule has 0 N–H and O–H groups in total. The van der Waals surface area contributed by atoms with Gasteiger partial charge in [0.15, 0.2) is 17.5 Å². The largest absolute Gasteiger partial charge is 0.209 e. The molecule has 0 unspecified atom stereocenters. The van der Waals surface area contributed by atoms with Gasteiger partial charge < -0.3 is 0 Å². The highest BCUT2D eigenvalue weighted by molar-refractivity contribution is 7.99. The molecule has 0 radical (unpaired) electrons. The van der Waals surface area contributed by atoms with Crippen molar-refractivity contribution in [1.82, 2.24) is 15.0 Å². The van der Waals surface area contributed by atoms with E-state index in [1.807, 2.05) is 72.4 Å². The van der Waals surface area contributed by atoms with Crippen LogP contribution in [-0.4, -0.2) is 15.0 Å². The monoisotopic (exact) mass is 651 g/mol. The zero-order valence-corrected chi connectivity index (χ0v) is 27.9. The van der Waals surface area contributed by atoms with E-state index in [4.69, 9.17) is 15.0 Å². The Hall–Kier alpha value is -5.36. The molecule has 5 aromatic carbocycles. The number of aromatic nitrogens is 3. The Morgan fingerprint density at radius 1 is 0.667 bits per heavy atom. The second-order valence-corrected chi connectivity index (χ2v) is 14.1. The molecule has 0 saturated carbocycles. The second-order valence-electron chi connectivity index (χ2n) is 12.1. The summed E-state index contributed by atoms with van der Waals surface area (Å²) in [5, 5.41) is 3.43. The summed E-state index contributed by atoms with van der Waals surface area (Å²) < 4.78 is 1.28. The van der Waals surface area contributed by atoms with E-state index in [0.29, 0.717) is 17.5 Å². The lowest BCUT2D eigenvalue weighted by atomic mass is 9.66. The minimum Gasteiger partial charge on any atom is -0.209 e. The summed E-state index contributed by atoms with van der Waals surface area (Å²) in [6.45, 7) is 6.59. The second kappa shape index (κ2) is 11.4. The van der Waals surface area contributed by atoms with E-state index in [0.717, 1.165) is 22.3 Å². The van der Waals surface area contributed by atoms with Crippen LogP contribution in [0.1, 0.15) is 35.0 Å². The van der Waals surface area contributed by atoms with E-state index in [2.05, 4.69) is 97.8 Å². The van der Waals surface area contributed by atoms with Gasteiger partial charge in [0.05, 0.1) is 5.41 Å². The van der Waals surface area contributed by atoms with Gasteiger partial charge in [0.1, 0.15) is 0 Å². The molecular formula is C43H29N3S2. The average Bonchev–Trinajstić information content (AvgIpc) is 3.71. The van der Waals surface area contributed by atoms with Gasteiger partial charge in [0.2, 0.25) is 0 Å². The van der Waals surface area contributed by atoms with Crippen molar-refractivity contribution in [1.29, 1.82) is 0 Å². The molecule has 0 amide bonds. The zero-order chi connectivity index (χ0) is 32.2. The van der Waals surface area contributed by atoms with Gasteiger partial charge in [-0.2, -0.15) is 0 Å². The third-order valence-electron chi connectivity index (χ3n) is 9.40. The Balaban J connectivity index is 1.33. The van der Waals surface area contributed by atoms with Gasteiger partial charge in [-0.1, -0.05) is 121 Å². The van der Waals surface area contributed by atoms with Crippen LogP contribution in [0.5, 0.6) is 0 Å². The first-order valence-electron chi connectivity index (χ1n) is 16.0. The lowest BCUT2D eigenvalue weighted by Gasteiger charge is -2.40. The van der Waals surface area contributed by atoms with Crippen molar-refractivity contribution < 1.29 is 0 Å². The number of thiophene rings is 1. The van der Waals surface area contributed by atoms with Crippen LogP contribution in [0.2, 0.25) is 0 Å². The van der Waals surface area contributed by atoms with E-state index in [9.17, 15) is 0 Å². The number of benzene rings is 5. The fourth-order valence-corrected chi connectivity index (χ4v) is 9.30. The van der Waals surface area contributed by atoms with Crippen LogP contribution in [0.15, 0.2) is 167 Å². The number of hydrogen-bond donors (Lipinski definition) is 0. The molecule has 3 nitrogen and oxygen atoms in total. The number of nitrogens with zero attached hydrogens (tertiary/aromatic N) is 3. The van der Waals surface area contributed by atoms with Crippen molar-refractivity contribution >= 4 is 44.3 Å². The fourth-order valence-electron chi connectivity index (χ4n) is 7.29. The van der Waals surface area contributed by atoms with Crippen LogP contribution in [0.25, 0.3) is 44.0 Å². The standard InChI is InChI=1S/C43H29N3S2/c1-3-33-31(24-27(2)40-44-41(28-14-6-4-7-15-28)46-42(45-40)29-16-8-5-9-17-29)32-25-30-22-23-47-39(30)26-36(32)43(33)34-18-10-12-20-37(34)48-38-21-13-11-19-35(38)43/h3-26H,1H2,2H3/b27-24+. The average molecular weight is 652 g/mol. The van der Waals surface area contributed by atoms with Gasteiger partial charge in [-0.05, 0) is 93.1 Å². The summed E-state index contributed by atoms with van der Waals surface area (Å²) in [4.78, 5) is 17.6. The van der Waals surface area contributed by atoms with E-state index >= 15 is 0 Å². The summed E-state index contributed by atoms with van der Waals surface area (Å²) in [7, 11) is 0. The lowest BCUT2D eigenvalue weighted by Crippen LogP contribution is -2.32. The van der Waals surface area contributed by atoms with Crippen LogP contribution in [0.3, 0.4) is 0 Å². The van der Waals surface area contributed by atoms with Gasteiger partial charge >= 0.3 is 0 Å². The smallest absolute Gasteiger partial charge is 0.164 e. The molecule has 0 fully saturated rings. The maximum atomic E-state index is 5.05. The van der Waals surface area contributed by atoms with Crippen LogP contribution < -0.4 is 0 Å². The molecule has 5 heteroatoms. The van der Waals surface area contributed by atoms with Gasteiger partial charge in [0.25, 0.3) is 0 Å². The third kappa shape index (κ3) is 4.39. The van der Waals surface area contributed by atoms with Gasteiger partial charge in [-0.15, -0.1) is 11.3 Å². The Morgan fingerprint density at radius 3 is 1.85 bits per heavy atom. The molecule has 0 saturated heterocycles. The highest BCUT2D eigenvalue weighted by atomic mass is 32.2. The minimum atomic E-state index is -0.511. The van der Waals surface area contributed by atoms with Crippen molar-refractivity contribution in [2.45, 2.75) is 22.1 Å². The summed E-state index contributed by atoms with van der Waals surface area (Å²) in [6, 6.07) is 45.0. The quantitative estimate of drug-likeness (QED) is 0.186. The van der Waals surface area contributed by atoms with Crippen LogP contribution in [0.4, 0.5) is 0 Å². The zero-order valence-electron chi connectivity index (χ0n) is 26.2. The molecule has 2 aromatic heterocycles. The Labute approximate surface area is 288 Å². The van der Waals surface area contributed by atoms with Gasteiger partial charge in [-0.3, -0.25) is 0 Å². The van der Waals surface area contributed by atoms with E-state index in [1.165, 1.54) is 47.7 Å². The van der Waals surface area contributed by atoms with Crippen molar-refractivity contribution in [2.75, 3.05) is 0 Å². The summed E-state index contributed by atoms with van der Waals surface area (Å²) in [5.41, 5.74) is 9.76. The van der Waals surface area contributed by atoms with Crippen molar-refractivity contribution in [3.05, 3.63) is 185 Å². The van der Waals surface area contributed by atoms with Crippen molar-refractivity contribution in [2.24, 2.45) is 0 Å². The molecule has 48 heavy (non-hydrogen) atoms. The predicted molar refractivity (Wildman–Crippen MR) is 200 cm³/mol. The Kier molecular flexibility index (Phi) is 6.85. The molecule has 3 heterocycles. The molecule has 0 atom stereocenters. The molecule has 228 valence electrons. The normalized spacial score (nSPS) is 14.6. The van der Waals surface area contributed by atoms with Crippen molar-refractivity contribution in [3.8, 4) is 22.8 Å². The summed E-state index contributed by atoms with van der Waals surface area (Å²) in [5.74, 6) is 1.96. The molecule has 1 spiro atoms. The Morgan fingerprint density at radius 2 is 1.25 bits per heavy atom. The minimum absolute atomic E-state index is 0.511. The maximum Gasteiger partial charge on any atom is 0.164 e. The first-order chi connectivity index (χ1) is 23.6. The van der Waals surface area contributed by atoms with Crippen LogP contribution in [-0.2, 0) is 5.41 Å². The lowest BCUT2D eigenvalue weighted by molar-refractivity contribution is 0.718. The summed E-state index contributed by atoms with van der Waals surface area (Å²) in [6.07, 6.45) is 4.35. The first kappa shape index (κ1) is 28.8. The SMILES string of the molecule is C=CC1=C(/C=C(\C)c2nc(-c3ccccc3)nc(-c3ccccc3)n2)c2cc3ccsc3cc2C12c1ccccc1Sc1ccccc12. The molecule has 2 aliphatic rings. The predicted octanol–water partition coefficient (Wildman–Crippen LogP) is 11.3. The molecule has 7 aromatic rings. The number of allylic oxidation sites excluding steroid dienone is 5. The Bertz CT molecular complexity index is 2350. The van der Waals surface area contributed by atoms with Crippen LogP contribution in [0, 0.1) is 0 Å². The molecule has 9 rings (SSSR count). The highest BCUT2D eigenvalue weighted by Crippen LogP contribution is 2.62. The van der Waals surface area contributed by atoms with Crippen molar-refractivity contribution in [3.63, 3.8) is 0 Å². The molecule has 1 aliphatic heterocycles. The molecular weight excluding hydrogens is 623 g/mol. The molecule has 1 aliphatic carbocycles. The van der Waals surface area contributed by atoms with Crippen LogP contribution >= 0.6 is 23.1 Å². The number of hydrogen-bond acceptors (Lipinski definition) is 5. The first-order valence-corrected chi connectivity index (χ1v) is 17.7. The molecule has 0 bridgehead atoms. The summed E-state index contributed by atoms with van der Waals surface area (Å²) >= 11 is 3.64. The maximum absolute atomic E-state index is 5.05. The third-order valence-corrected chi connectivity index (χ3v) is 11.4. The van der Waals surface area contributed by atoms with Gasteiger partial charge in [0, 0.05) is 25.6 Å². The van der Waals surface area contributed by atoms with E-state index in [-0.39, 0.29) is 0 Å². The number of rotatable bonds is 5. The topological polar surface area (TPSA) is 38.7 Å². The van der Waals surface area contributed by atoms with E-state index < -0.39 is 5.41 Å². The van der Waals surface area contributed by atoms with Gasteiger partial charge in [-0.25, -0.2) is 15.0 Å². The van der Waals surface area contributed by atoms with E-state index in [1.54, 1.807) is 11.3 Å². The fraction of sp³-hybridized carbons (Fsp3) is 0.0465. The number of fused-ring (bicyclic) bond motifs is 7. The highest BCUT2D eigenvalue weighted by Gasteiger charge is 2.50.